The van der Waals surface area contributed by atoms with Crippen molar-refractivity contribution in [1.82, 2.24) is 0 Å². The van der Waals surface area contributed by atoms with Crippen molar-refractivity contribution >= 4 is 17.8 Å². The molecular formula is C10H16N2O5. The number of nitrogens with two attached hydrogens (primary N) is 1. The molecule has 4 N–H and O–H groups in total. The van der Waals surface area contributed by atoms with Crippen molar-refractivity contribution in [3.63, 3.8) is 0 Å². The monoisotopic (exact) mass is 244 g/mol. The highest BCUT2D eigenvalue weighted by Gasteiger charge is 2.12. The number of nitriles is 1. The van der Waals surface area contributed by atoms with Gasteiger partial charge in [-0.15, -0.1) is 0 Å². The Morgan fingerprint density at radius 3 is 1.71 bits per heavy atom. The normalized spacial score (nSPS) is 12.3. The van der Waals surface area contributed by atoms with Crippen LogP contribution in [0.25, 0.3) is 0 Å². The summed E-state index contributed by atoms with van der Waals surface area (Å²) in [5.74, 6) is -3.67. The first-order chi connectivity index (χ1) is 7.72. The van der Waals surface area contributed by atoms with Gasteiger partial charge in [0, 0.05) is 12.8 Å². The van der Waals surface area contributed by atoms with Crippen LogP contribution in [0.5, 0.6) is 0 Å². The third-order valence-electron chi connectivity index (χ3n) is 1.75. The average molecular weight is 244 g/mol. The standard InChI is InChI=1S/C5H9NO3.C5H7NO2/c1-3(5(8)9)2-4(6)7;1-4(2-3-6)5(7)8/h3H,2H2,1H3,(H2,6,7)(H,8,9);4H,2H2,1H3,(H,7,8)/t3-;4-/m00/s1. The largest absolute Gasteiger partial charge is 0.481 e. The van der Waals surface area contributed by atoms with Gasteiger partial charge in [0.25, 0.3) is 0 Å². The van der Waals surface area contributed by atoms with Crippen LogP contribution in [0.3, 0.4) is 0 Å². The first-order valence-electron chi connectivity index (χ1n) is 4.83. The molecule has 0 bridgehead atoms. The SMILES string of the molecule is C[C@@H](CC#N)C(=O)O.C[C@@H](CC(N)=O)C(=O)O. The Kier molecular flexibility index (Phi) is 9.31. The van der Waals surface area contributed by atoms with Gasteiger partial charge in [-0.05, 0) is 0 Å². The topological polar surface area (TPSA) is 141 Å². The number of carboxylic acid groups (broad SMARTS) is 2. The van der Waals surface area contributed by atoms with E-state index in [1.165, 1.54) is 13.8 Å². The lowest BCUT2D eigenvalue weighted by molar-refractivity contribution is -0.143. The molecule has 0 saturated heterocycles. The van der Waals surface area contributed by atoms with Crippen LogP contribution in [0.4, 0.5) is 0 Å². The predicted molar refractivity (Wildman–Crippen MR) is 57.6 cm³/mol. The number of carbonyl (C=O) groups is 3. The van der Waals surface area contributed by atoms with Crippen LogP contribution in [0.1, 0.15) is 26.7 Å². The van der Waals surface area contributed by atoms with E-state index in [9.17, 15) is 14.4 Å². The Morgan fingerprint density at radius 1 is 1.18 bits per heavy atom. The zero-order valence-electron chi connectivity index (χ0n) is 9.71. The van der Waals surface area contributed by atoms with E-state index in [4.69, 9.17) is 21.2 Å². The van der Waals surface area contributed by atoms with Crippen LogP contribution < -0.4 is 5.73 Å². The fourth-order valence-corrected chi connectivity index (χ4v) is 0.613. The van der Waals surface area contributed by atoms with Crippen molar-refractivity contribution in [2.75, 3.05) is 0 Å². The second-order valence-corrected chi connectivity index (χ2v) is 3.51. The highest BCUT2D eigenvalue weighted by atomic mass is 16.4. The van der Waals surface area contributed by atoms with Crippen LogP contribution in [-0.2, 0) is 14.4 Å². The Morgan fingerprint density at radius 2 is 1.59 bits per heavy atom. The summed E-state index contributed by atoms with van der Waals surface area (Å²) in [5, 5.41) is 24.4. The lowest BCUT2D eigenvalue weighted by atomic mass is 10.1. The van der Waals surface area contributed by atoms with Gasteiger partial charge in [-0.2, -0.15) is 5.26 Å². The fraction of sp³-hybridized carbons (Fsp3) is 0.600. The maximum Gasteiger partial charge on any atom is 0.307 e. The van der Waals surface area contributed by atoms with E-state index in [1.807, 2.05) is 0 Å². The van der Waals surface area contributed by atoms with E-state index in [0.717, 1.165) is 0 Å². The van der Waals surface area contributed by atoms with Crippen LogP contribution >= 0.6 is 0 Å². The zero-order chi connectivity index (χ0) is 14.0. The molecule has 0 saturated carbocycles. The van der Waals surface area contributed by atoms with E-state index in [1.54, 1.807) is 6.07 Å². The summed E-state index contributed by atoms with van der Waals surface area (Å²) in [4.78, 5) is 30.0. The highest BCUT2D eigenvalue weighted by Crippen LogP contribution is 1.99. The van der Waals surface area contributed by atoms with E-state index in [2.05, 4.69) is 0 Å². The number of hydrogen-bond acceptors (Lipinski definition) is 4. The minimum atomic E-state index is -0.992. The molecule has 0 spiro atoms. The van der Waals surface area contributed by atoms with Crippen molar-refractivity contribution in [2.24, 2.45) is 17.6 Å². The van der Waals surface area contributed by atoms with Crippen LogP contribution in [0, 0.1) is 23.2 Å². The average Bonchev–Trinajstić information content (AvgIpc) is 2.17. The molecule has 0 heterocycles. The summed E-state index contributed by atoms with van der Waals surface area (Å²) in [6.45, 7) is 2.94. The number of primary amides is 1. The van der Waals surface area contributed by atoms with Crippen LogP contribution in [0.15, 0.2) is 0 Å². The lowest BCUT2D eigenvalue weighted by Crippen LogP contribution is -2.19. The molecule has 96 valence electrons. The molecule has 0 fully saturated rings. The summed E-state index contributed by atoms with van der Waals surface area (Å²) in [6.07, 6.45) is 0.00463. The number of carboxylic acids is 2. The fourth-order valence-electron chi connectivity index (χ4n) is 0.613. The summed E-state index contributed by atoms with van der Waals surface area (Å²) in [7, 11) is 0. The van der Waals surface area contributed by atoms with Crippen LogP contribution in [-0.4, -0.2) is 28.1 Å². The van der Waals surface area contributed by atoms with Crippen molar-refractivity contribution in [2.45, 2.75) is 26.7 Å². The third kappa shape index (κ3) is 11.8. The summed E-state index contributed by atoms with van der Waals surface area (Å²) < 4.78 is 0. The lowest BCUT2D eigenvalue weighted by Gasteiger charge is -1.99. The Bertz CT molecular complexity index is 321. The molecule has 0 aliphatic heterocycles. The summed E-state index contributed by atoms with van der Waals surface area (Å²) >= 11 is 0. The zero-order valence-corrected chi connectivity index (χ0v) is 9.71. The van der Waals surface area contributed by atoms with Gasteiger partial charge in [0.1, 0.15) is 0 Å². The molecule has 0 aromatic carbocycles. The Balaban J connectivity index is 0. The molecule has 0 unspecified atom stereocenters. The summed E-state index contributed by atoms with van der Waals surface area (Å²) in [6, 6.07) is 1.77. The maximum atomic E-state index is 10.1. The molecule has 17 heavy (non-hydrogen) atoms. The van der Waals surface area contributed by atoms with Gasteiger partial charge < -0.3 is 15.9 Å². The van der Waals surface area contributed by atoms with Gasteiger partial charge in [0.15, 0.2) is 0 Å². The Hall–Kier alpha value is -2.10. The molecule has 1 amide bonds. The molecular weight excluding hydrogens is 228 g/mol. The number of aliphatic carboxylic acids is 2. The molecule has 0 aromatic heterocycles. The van der Waals surface area contributed by atoms with Crippen molar-refractivity contribution < 1.29 is 24.6 Å². The summed E-state index contributed by atoms with van der Waals surface area (Å²) in [5.41, 5.74) is 4.73. The second kappa shape index (κ2) is 9.15. The van der Waals surface area contributed by atoms with Crippen LogP contribution in [0.2, 0.25) is 0 Å². The number of hydrogen-bond donors (Lipinski definition) is 3. The Labute approximate surface area is 98.8 Å². The molecule has 0 aliphatic carbocycles. The molecule has 7 heteroatoms. The molecule has 7 nitrogen and oxygen atoms in total. The highest BCUT2D eigenvalue weighted by molar-refractivity contribution is 5.80. The number of carbonyl (C=O) groups excluding carboxylic acids is 1. The van der Waals surface area contributed by atoms with E-state index in [0.29, 0.717) is 0 Å². The van der Waals surface area contributed by atoms with E-state index in [-0.39, 0.29) is 12.8 Å². The smallest absolute Gasteiger partial charge is 0.307 e. The number of amides is 1. The van der Waals surface area contributed by atoms with E-state index >= 15 is 0 Å². The van der Waals surface area contributed by atoms with Gasteiger partial charge in [-0.25, -0.2) is 0 Å². The second-order valence-electron chi connectivity index (χ2n) is 3.51. The number of rotatable bonds is 5. The van der Waals surface area contributed by atoms with Gasteiger partial charge >= 0.3 is 11.9 Å². The molecule has 2 atom stereocenters. The minimum Gasteiger partial charge on any atom is -0.481 e. The third-order valence-corrected chi connectivity index (χ3v) is 1.75. The van der Waals surface area contributed by atoms with Gasteiger partial charge in [-0.1, -0.05) is 13.8 Å². The quantitative estimate of drug-likeness (QED) is 0.630. The molecule has 0 radical (unpaired) electrons. The maximum absolute atomic E-state index is 10.1. The molecule has 0 rings (SSSR count). The first-order valence-corrected chi connectivity index (χ1v) is 4.83. The van der Waals surface area contributed by atoms with Crippen molar-refractivity contribution in [3.8, 4) is 6.07 Å². The van der Waals surface area contributed by atoms with Gasteiger partial charge in [0.05, 0.1) is 17.9 Å². The van der Waals surface area contributed by atoms with Crippen molar-refractivity contribution in [3.05, 3.63) is 0 Å². The predicted octanol–water partition coefficient (Wildman–Crippen LogP) is 0.203. The van der Waals surface area contributed by atoms with Crippen molar-refractivity contribution in [1.29, 1.82) is 5.26 Å². The number of nitrogens with zero attached hydrogens (tertiary/aromatic N) is 1. The van der Waals surface area contributed by atoms with Gasteiger partial charge in [-0.3, -0.25) is 14.4 Å². The molecule has 0 aromatic rings. The van der Waals surface area contributed by atoms with Gasteiger partial charge in [0.2, 0.25) is 5.91 Å². The first kappa shape index (κ1) is 17.3. The molecule has 0 aliphatic rings. The minimum absolute atomic E-state index is 0.0880. The van der Waals surface area contributed by atoms with E-state index < -0.39 is 29.7 Å².